The van der Waals surface area contributed by atoms with E-state index in [2.05, 4.69) is 143 Å². The summed E-state index contributed by atoms with van der Waals surface area (Å²) in [5.41, 5.74) is 12.2. The normalized spacial score (nSPS) is 17.8. The monoisotopic (exact) mass is 580 g/mol. The van der Waals surface area contributed by atoms with Gasteiger partial charge < -0.3 is 13.9 Å². The minimum absolute atomic E-state index is 0.440. The molecule has 0 radical (unpaired) electrons. The van der Waals surface area contributed by atoms with Crippen molar-refractivity contribution in [1.29, 1.82) is 0 Å². The second kappa shape index (κ2) is 9.61. The van der Waals surface area contributed by atoms with E-state index in [-0.39, 0.29) is 0 Å². The molecule has 216 valence electrons. The van der Waals surface area contributed by atoms with Gasteiger partial charge in [0.2, 0.25) is 0 Å². The van der Waals surface area contributed by atoms with E-state index in [0.29, 0.717) is 12.0 Å². The number of nitrogens with zero attached hydrogens (tertiary/aromatic N) is 2. The summed E-state index contributed by atoms with van der Waals surface area (Å²) in [6.45, 7) is 0. The quantitative estimate of drug-likeness (QED) is 0.207. The van der Waals surface area contributed by atoms with E-state index in [9.17, 15) is 0 Å². The molecule has 2 unspecified atom stereocenters. The Kier molecular flexibility index (Phi) is 5.36. The molecule has 10 rings (SSSR count). The molecule has 0 saturated heterocycles. The number of aromatic nitrogens is 1. The van der Waals surface area contributed by atoms with Crippen molar-refractivity contribution in [1.82, 2.24) is 4.57 Å². The smallest absolute Gasteiger partial charge is 0.137 e. The summed E-state index contributed by atoms with van der Waals surface area (Å²) in [6.07, 6.45) is 5.00. The van der Waals surface area contributed by atoms with Crippen LogP contribution in [0, 0.1) is 0 Å². The predicted octanol–water partition coefficient (Wildman–Crippen LogP) is 11.5. The van der Waals surface area contributed by atoms with Crippen molar-refractivity contribution in [2.24, 2.45) is 0 Å². The Balaban J connectivity index is 1.20. The average molecular weight is 581 g/mol. The number of para-hydroxylation sites is 4. The van der Waals surface area contributed by atoms with Crippen LogP contribution in [0.25, 0.3) is 60.6 Å². The molecular weight excluding hydrogens is 548 g/mol. The summed E-state index contributed by atoms with van der Waals surface area (Å²) in [4.78, 5) is 2.70. The van der Waals surface area contributed by atoms with Crippen molar-refractivity contribution < 1.29 is 4.42 Å². The molecular formula is C42H32N2O. The van der Waals surface area contributed by atoms with Crippen molar-refractivity contribution in [3.05, 3.63) is 139 Å². The first-order valence-corrected chi connectivity index (χ1v) is 16.3. The van der Waals surface area contributed by atoms with Gasteiger partial charge in [-0.25, -0.2) is 0 Å². The molecule has 2 aromatic heterocycles. The number of hydrogen-bond acceptors (Lipinski definition) is 2. The zero-order valence-corrected chi connectivity index (χ0v) is 25.0. The molecule has 8 aromatic rings. The summed E-state index contributed by atoms with van der Waals surface area (Å²) in [5, 5.41) is 5.03. The average Bonchev–Trinajstić information content (AvgIpc) is 3.76. The third-order valence-corrected chi connectivity index (χ3v) is 10.4. The largest absolute Gasteiger partial charge is 0.456 e. The lowest BCUT2D eigenvalue weighted by atomic mass is 9.82. The molecule has 1 saturated carbocycles. The van der Waals surface area contributed by atoms with Gasteiger partial charge >= 0.3 is 0 Å². The molecule has 1 fully saturated rings. The number of furan rings is 1. The highest BCUT2D eigenvalue weighted by molar-refractivity contribution is 6.14. The van der Waals surface area contributed by atoms with Gasteiger partial charge in [-0.2, -0.15) is 0 Å². The van der Waals surface area contributed by atoms with Gasteiger partial charge in [-0.05, 0) is 66.4 Å². The fraction of sp³-hybridized carbons (Fsp3) is 0.143. The minimum atomic E-state index is 0.440. The highest BCUT2D eigenvalue weighted by atomic mass is 16.3. The fourth-order valence-electron chi connectivity index (χ4n) is 8.56. The van der Waals surface area contributed by atoms with Crippen LogP contribution in [-0.2, 0) is 0 Å². The van der Waals surface area contributed by atoms with Crippen LogP contribution in [0.5, 0.6) is 0 Å². The van der Waals surface area contributed by atoms with Gasteiger partial charge in [-0.15, -0.1) is 0 Å². The molecule has 3 heterocycles. The van der Waals surface area contributed by atoms with Crippen molar-refractivity contribution in [2.75, 3.05) is 4.90 Å². The standard InChI is InChI=1S/C42H32N2O/c1-6-19-35(44-38-22-9-4-17-32(38)33-24-25-40-41(42(33)44)34-18-5-10-23-39(34)45-40)29(14-1)27-12-11-13-28(26-27)43-36-20-7-2-15-30(36)31-16-3-8-21-37(31)43/h1-3,5-8,10-16,18-21,23-26,32,38H,4,9,17,22H2. The van der Waals surface area contributed by atoms with E-state index in [1.807, 2.05) is 0 Å². The third-order valence-electron chi connectivity index (χ3n) is 10.4. The number of anilines is 2. The van der Waals surface area contributed by atoms with Gasteiger partial charge in [-0.1, -0.05) is 104 Å². The lowest BCUT2D eigenvalue weighted by molar-refractivity contribution is 0.402. The maximum atomic E-state index is 6.43. The molecule has 2 aliphatic rings. The second-order valence-electron chi connectivity index (χ2n) is 12.7. The maximum Gasteiger partial charge on any atom is 0.137 e. The van der Waals surface area contributed by atoms with Gasteiger partial charge in [0.1, 0.15) is 11.2 Å². The van der Waals surface area contributed by atoms with E-state index < -0.39 is 0 Å². The Morgan fingerprint density at radius 2 is 1.29 bits per heavy atom. The van der Waals surface area contributed by atoms with Crippen LogP contribution in [0.1, 0.15) is 37.2 Å². The second-order valence-corrected chi connectivity index (χ2v) is 12.7. The third kappa shape index (κ3) is 3.58. The molecule has 1 aliphatic carbocycles. The number of fused-ring (bicyclic) bond motifs is 10. The molecule has 3 nitrogen and oxygen atoms in total. The zero-order valence-electron chi connectivity index (χ0n) is 25.0. The maximum absolute atomic E-state index is 6.43. The SMILES string of the molecule is c1cc(-c2ccccc2N2c3c(ccc4oc5ccccc5c34)C3CCCCC32)cc(-n2c3ccccc3c3ccccc32)c1. The molecule has 0 amide bonds. The summed E-state index contributed by atoms with van der Waals surface area (Å²) in [5.74, 6) is 0.531. The molecule has 3 heteroatoms. The van der Waals surface area contributed by atoms with Crippen molar-refractivity contribution >= 4 is 55.1 Å². The molecule has 45 heavy (non-hydrogen) atoms. The van der Waals surface area contributed by atoms with Crippen molar-refractivity contribution in [2.45, 2.75) is 37.6 Å². The molecule has 1 aliphatic heterocycles. The van der Waals surface area contributed by atoms with Gasteiger partial charge in [0.05, 0.1) is 22.1 Å². The summed E-state index contributed by atoms with van der Waals surface area (Å²) >= 11 is 0. The van der Waals surface area contributed by atoms with Gasteiger partial charge in [0.15, 0.2) is 0 Å². The van der Waals surface area contributed by atoms with Crippen LogP contribution < -0.4 is 4.90 Å². The van der Waals surface area contributed by atoms with Crippen LogP contribution in [0.3, 0.4) is 0 Å². The summed E-state index contributed by atoms with van der Waals surface area (Å²) < 4.78 is 8.85. The molecule has 0 spiro atoms. The van der Waals surface area contributed by atoms with Crippen LogP contribution in [-0.4, -0.2) is 10.6 Å². The fourth-order valence-corrected chi connectivity index (χ4v) is 8.56. The first kappa shape index (κ1) is 25.1. The Morgan fingerprint density at radius 3 is 2.13 bits per heavy atom. The summed E-state index contributed by atoms with van der Waals surface area (Å²) in [7, 11) is 0. The molecule has 0 N–H and O–H groups in total. The number of rotatable bonds is 3. The van der Waals surface area contributed by atoms with Gasteiger partial charge in [-0.3, -0.25) is 0 Å². The molecule has 0 bridgehead atoms. The van der Waals surface area contributed by atoms with Gasteiger partial charge in [0, 0.05) is 45.1 Å². The molecule has 6 aromatic carbocycles. The van der Waals surface area contributed by atoms with E-state index in [4.69, 9.17) is 4.42 Å². The van der Waals surface area contributed by atoms with E-state index in [1.165, 1.54) is 92.0 Å². The van der Waals surface area contributed by atoms with Crippen molar-refractivity contribution in [3.63, 3.8) is 0 Å². The Labute approximate surface area is 261 Å². The highest BCUT2D eigenvalue weighted by Crippen LogP contribution is 2.56. The van der Waals surface area contributed by atoms with Crippen LogP contribution in [0.4, 0.5) is 11.4 Å². The van der Waals surface area contributed by atoms with Crippen LogP contribution >= 0.6 is 0 Å². The van der Waals surface area contributed by atoms with Crippen LogP contribution in [0.2, 0.25) is 0 Å². The highest BCUT2D eigenvalue weighted by Gasteiger charge is 2.42. The van der Waals surface area contributed by atoms with Crippen molar-refractivity contribution in [3.8, 4) is 16.8 Å². The topological polar surface area (TPSA) is 21.3 Å². The first-order valence-electron chi connectivity index (χ1n) is 16.3. The van der Waals surface area contributed by atoms with E-state index in [1.54, 1.807) is 0 Å². The number of benzene rings is 6. The lowest BCUT2D eigenvalue weighted by Gasteiger charge is -2.35. The van der Waals surface area contributed by atoms with E-state index in [0.717, 1.165) is 11.2 Å². The number of hydrogen-bond donors (Lipinski definition) is 0. The van der Waals surface area contributed by atoms with Crippen LogP contribution in [0.15, 0.2) is 138 Å². The zero-order chi connectivity index (χ0) is 29.5. The Hall–Kier alpha value is -5.28. The Morgan fingerprint density at radius 1 is 0.578 bits per heavy atom. The van der Waals surface area contributed by atoms with Gasteiger partial charge in [0.25, 0.3) is 0 Å². The first-order chi connectivity index (χ1) is 22.3. The summed E-state index contributed by atoms with van der Waals surface area (Å²) in [6, 6.07) is 49.2. The minimum Gasteiger partial charge on any atom is -0.456 e. The molecule has 2 atom stereocenters. The predicted molar refractivity (Wildman–Crippen MR) is 187 cm³/mol. The Bertz CT molecular complexity index is 2370. The van der Waals surface area contributed by atoms with E-state index >= 15 is 0 Å². The lowest BCUT2D eigenvalue weighted by Crippen LogP contribution is -2.32.